The highest BCUT2D eigenvalue weighted by Gasteiger charge is 2.26. The first-order valence-electron chi connectivity index (χ1n) is 4.65. The number of hydrogen-bond donors (Lipinski definition) is 5. The molecule has 0 aromatic rings. The van der Waals surface area contributed by atoms with E-state index in [9.17, 15) is 19.2 Å². The van der Waals surface area contributed by atoms with Crippen LogP contribution in [0.15, 0.2) is 0 Å². The molecule has 0 rings (SSSR count). The van der Waals surface area contributed by atoms with Gasteiger partial charge in [0.2, 0.25) is 5.91 Å². The Kier molecular flexibility index (Phi) is 6.31. The molecule has 18 heavy (non-hydrogen) atoms. The highest BCUT2D eigenvalue weighted by Crippen LogP contribution is 1.96. The number of carboxylic acids is 3. The summed E-state index contributed by atoms with van der Waals surface area (Å²) in [7, 11) is 0. The zero-order valence-corrected chi connectivity index (χ0v) is 9.07. The Morgan fingerprint density at radius 1 is 1.06 bits per heavy atom. The maximum absolute atomic E-state index is 10.6. The van der Waals surface area contributed by atoms with Crippen molar-refractivity contribution < 1.29 is 34.5 Å². The van der Waals surface area contributed by atoms with Crippen LogP contribution >= 0.6 is 0 Å². The molecule has 0 aromatic carbocycles. The summed E-state index contributed by atoms with van der Waals surface area (Å²) >= 11 is 0. The Bertz CT molecular complexity index is 323. The van der Waals surface area contributed by atoms with Crippen LogP contribution in [0.5, 0.6) is 0 Å². The average molecular weight is 262 g/mol. The summed E-state index contributed by atoms with van der Waals surface area (Å²) < 4.78 is 0. The van der Waals surface area contributed by atoms with E-state index in [2.05, 4.69) is 5.43 Å². The number of carbonyl (C=O) groups excluding carboxylic acids is 1. The maximum Gasteiger partial charge on any atom is 0.324 e. The largest absolute Gasteiger partial charge is 0.481 e. The van der Waals surface area contributed by atoms with Crippen molar-refractivity contribution in [2.24, 2.45) is 5.73 Å². The molecule has 0 aliphatic rings. The monoisotopic (exact) mass is 262 g/mol. The first-order valence-corrected chi connectivity index (χ1v) is 4.65. The number of amides is 1. The highest BCUT2D eigenvalue weighted by atomic mass is 16.4. The van der Waals surface area contributed by atoms with Crippen molar-refractivity contribution in [1.82, 2.24) is 10.9 Å². The lowest BCUT2D eigenvalue weighted by Crippen LogP contribution is -2.49. The number of hydrogen-bond acceptors (Lipinski definition) is 5. The molecule has 10 nitrogen and oxygen atoms in total. The summed E-state index contributed by atoms with van der Waals surface area (Å²) in [5.74, 6) is -5.32. The minimum absolute atomic E-state index is 0.623. The van der Waals surface area contributed by atoms with Crippen molar-refractivity contribution in [1.29, 1.82) is 0 Å². The Balaban J connectivity index is 4.45. The van der Waals surface area contributed by atoms with E-state index in [1.54, 1.807) is 0 Å². The SMILES string of the molecule is NC(=O)CC([N]NC(CC(=O)O)C(=O)O)C(=O)O. The minimum Gasteiger partial charge on any atom is -0.481 e. The second-order valence-electron chi connectivity index (χ2n) is 3.27. The minimum atomic E-state index is -1.59. The van der Waals surface area contributed by atoms with E-state index in [1.807, 2.05) is 5.43 Å². The van der Waals surface area contributed by atoms with Crippen molar-refractivity contribution in [3.8, 4) is 0 Å². The summed E-state index contributed by atoms with van der Waals surface area (Å²) in [5, 5.41) is 25.7. The topological polar surface area (TPSA) is 181 Å². The summed E-state index contributed by atoms with van der Waals surface area (Å²) in [6, 6.07) is -3.16. The summed E-state index contributed by atoms with van der Waals surface area (Å²) in [5.41, 5.74) is 9.91. The predicted molar refractivity (Wildman–Crippen MR) is 54.2 cm³/mol. The predicted octanol–water partition coefficient (Wildman–Crippen LogP) is -2.65. The van der Waals surface area contributed by atoms with E-state index >= 15 is 0 Å². The molecule has 0 spiro atoms. The third kappa shape index (κ3) is 6.40. The molecule has 2 unspecified atom stereocenters. The van der Waals surface area contributed by atoms with Gasteiger partial charge in [-0.3, -0.25) is 19.2 Å². The standard InChI is InChI=1S/C8H12N3O7/c9-5(12)1-3(7(15)16)10-11-4(8(17)18)2-6(13)14/h3-4,11H,1-2H2,(H2,9,12)(H,13,14)(H,15,16)(H,17,18). The number of rotatable bonds is 9. The first kappa shape index (κ1) is 15.8. The van der Waals surface area contributed by atoms with Gasteiger partial charge in [0.25, 0.3) is 0 Å². The van der Waals surface area contributed by atoms with Gasteiger partial charge in [-0.05, 0) is 0 Å². The molecule has 0 aromatic heterocycles. The van der Waals surface area contributed by atoms with Gasteiger partial charge in [-0.2, -0.15) is 0 Å². The number of nitrogens with two attached hydrogens (primary N) is 1. The zero-order valence-electron chi connectivity index (χ0n) is 9.07. The maximum atomic E-state index is 10.6. The number of primary amides is 1. The molecular formula is C8H12N3O7. The molecule has 1 radical (unpaired) electrons. The molecule has 0 aliphatic heterocycles. The van der Waals surface area contributed by atoms with E-state index in [1.165, 1.54) is 0 Å². The molecule has 1 amide bonds. The van der Waals surface area contributed by atoms with Gasteiger partial charge in [-0.15, -0.1) is 5.43 Å². The van der Waals surface area contributed by atoms with Gasteiger partial charge in [-0.25, -0.2) is 5.43 Å². The van der Waals surface area contributed by atoms with Gasteiger partial charge in [0.1, 0.15) is 12.1 Å². The van der Waals surface area contributed by atoms with Crippen LogP contribution in [0.3, 0.4) is 0 Å². The van der Waals surface area contributed by atoms with Gasteiger partial charge in [0.05, 0.1) is 12.8 Å². The van der Waals surface area contributed by atoms with Crippen LogP contribution in [0.1, 0.15) is 12.8 Å². The lowest BCUT2D eigenvalue weighted by atomic mass is 10.2. The molecule has 0 saturated carbocycles. The number of nitrogens with one attached hydrogen (secondary N) is 1. The van der Waals surface area contributed by atoms with E-state index in [-0.39, 0.29) is 0 Å². The lowest BCUT2D eigenvalue weighted by molar-refractivity contribution is -0.147. The normalized spacial score (nSPS) is 13.6. The summed E-state index contributed by atoms with van der Waals surface area (Å²) in [6.45, 7) is 0. The number of carbonyl (C=O) groups is 4. The Morgan fingerprint density at radius 2 is 1.61 bits per heavy atom. The summed E-state index contributed by atoms with van der Waals surface area (Å²) in [6.07, 6.45) is -1.41. The van der Waals surface area contributed by atoms with Crippen molar-refractivity contribution in [2.75, 3.05) is 0 Å². The second kappa shape index (κ2) is 7.19. The number of nitrogens with zero attached hydrogens (tertiary/aromatic N) is 1. The van der Waals surface area contributed by atoms with Crippen molar-refractivity contribution >= 4 is 23.8 Å². The third-order valence-electron chi connectivity index (χ3n) is 1.74. The Hall–Kier alpha value is -2.20. The fraction of sp³-hybridized carbons (Fsp3) is 0.500. The Labute approximate surface area is 101 Å². The molecule has 6 N–H and O–H groups in total. The molecule has 0 heterocycles. The quantitative estimate of drug-likeness (QED) is 0.279. The van der Waals surface area contributed by atoms with Crippen molar-refractivity contribution in [3.63, 3.8) is 0 Å². The zero-order chi connectivity index (χ0) is 14.3. The molecule has 0 bridgehead atoms. The Morgan fingerprint density at radius 3 is 1.94 bits per heavy atom. The molecule has 0 aliphatic carbocycles. The van der Waals surface area contributed by atoms with Crippen LogP contribution < -0.4 is 16.6 Å². The van der Waals surface area contributed by atoms with Gasteiger partial charge in [0.15, 0.2) is 0 Å². The third-order valence-corrected chi connectivity index (χ3v) is 1.74. The van der Waals surface area contributed by atoms with Gasteiger partial charge in [-0.1, -0.05) is 0 Å². The van der Waals surface area contributed by atoms with Crippen LogP contribution in [-0.4, -0.2) is 51.2 Å². The fourth-order valence-corrected chi connectivity index (χ4v) is 0.921. The van der Waals surface area contributed by atoms with Crippen LogP contribution in [0.4, 0.5) is 0 Å². The molecule has 0 fully saturated rings. The number of aliphatic carboxylic acids is 3. The van der Waals surface area contributed by atoms with E-state index in [0.717, 1.165) is 0 Å². The van der Waals surface area contributed by atoms with E-state index in [4.69, 9.17) is 21.1 Å². The first-order chi connectivity index (χ1) is 8.23. The van der Waals surface area contributed by atoms with E-state index in [0.29, 0.717) is 0 Å². The lowest BCUT2D eigenvalue weighted by Gasteiger charge is -2.15. The van der Waals surface area contributed by atoms with Gasteiger partial charge < -0.3 is 21.1 Å². The smallest absolute Gasteiger partial charge is 0.324 e. The van der Waals surface area contributed by atoms with Crippen LogP contribution in [0.2, 0.25) is 0 Å². The van der Waals surface area contributed by atoms with Crippen LogP contribution in [0, 0.1) is 0 Å². The molecule has 101 valence electrons. The van der Waals surface area contributed by atoms with Gasteiger partial charge in [0, 0.05) is 0 Å². The fourth-order valence-electron chi connectivity index (χ4n) is 0.921. The number of carboxylic acid groups (broad SMARTS) is 3. The van der Waals surface area contributed by atoms with E-state index < -0.39 is 48.7 Å². The van der Waals surface area contributed by atoms with Gasteiger partial charge >= 0.3 is 17.9 Å². The average Bonchev–Trinajstić information content (AvgIpc) is 2.20. The second-order valence-corrected chi connectivity index (χ2v) is 3.27. The molecule has 0 saturated heterocycles. The van der Waals surface area contributed by atoms with Crippen molar-refractivity contribution in [3.05, 3.63) is 0 Å². The van der Waals surface area contributed by atoms with Crippen LogP contribution in [-0.2, 0) is 19.2 Å². The van der Waals surface area contributed by atoms with Crippen LogP contribution in [0.25, 0.3) is 0 Å². The summed E-state index contributed by atoms with van der Waals surface area (Å²) in [4.78, 5) is 42.1. The molecule has 10 heteroatoms. The van der Waals surface area contributed by atoms with Crippen molar-refractivity contribution in [2.45, 2.75) is 24.9 Å². The molecule has 2 atom stereocenters. The molecular weight excluding hydrogens is 250 g/mol. The highest BCUT2D eigenvalue weighted by molar-refractivity contribution is 5.83.